The lowest BCUT2D eigenvalue weighted by Crippen LogP contribution is -2.34. The van der Waals surface area contributed by atoms with Crippen molar-refractivity contribution in [2.75, 3.05) is 5.73 Å². The van der Waals surface area contributed by atoms with Gasteiger partial charge in [0, 0.05) is 16.8 Å². The number of hydrogen-bond acceptors (Lipinski definition) is 2. The first-order valence-corrected chi connectivity index (χ1v) is 6.94. The number of carbonyl (C=O) groups is 1. The Kier molecular flexibility index (Phi) is 4.81. The van der Waals surface area contributed by atoms with Crippen LogP contribution in [0.3, 0.4) is 0 Å². The lowest BCUT2D eigenvalue weighted by atomic mass is 10.1. The molecule has 0 heterocycles. The molecule has 0 spiro atoms. The number of amides is 1. The molecule has 0 bridgehead atoms. The number of benzene rings is 2. The molecule has 5 heteroatoms. The molecule has 1 atom stereocenters. The first kappa shape index (κ1) is 15.3. The zero-order valence-electron chi connectivity index (χ0n) is 11.6. The molecular weight excluding hydrogens is 291 g/mol. The first-order valence-electron chi connectivity index (χ1n) is 6.56. The van der Waals surface area contributed by atoms with Crippen molar-refractivity contribution in [1.82, 2.24) is 5.32 Å². The summed E-state index contributed by atoms with van der Waals surface area (Å²) in [5.74, 6) is -0.791. The van der Waals surface area contributed by atoms with Crippen molar-refractivity contribution in [1.29, 1.82) is 0 Å². The first-order chi connectivity index (χ1) is 9.97. The summed E-state index contributed by atoms with van der Waals surface area (Å²) < 4.78 is 13.0. The van der Waals surface area contributed by atoms with Crippen LogP contribution in [-0.2, 0) is 6.42 Å². The Morgan fingerprint density at radius 3 is 2.71 bits per heavy atom. The van der Waals surface area contributed by atoms with Crippen LogP contribution in [0.4, 0.5) is 10.1 Å². The van der Waals surface area contributed by atoms with Crippen LogP contribution in [0.1, 0.15) is 22.8 Å². The average Bonchev–Trinajstić information content (AvgIpc) is 2.41. The lowest BCUT2D eigenvalue weighted by molar-refractivity contribution is 0.0941. The number of hydrogen-bond donors (Lipinski definition) is 2. The molecule has 0 saturated heterocycles. The molecule has 0 aliphatic rings. The van der Waals surface area contributed by atoms with Gasteiger partial charge in [0.25, 0.3) is 5.91 Å². The normalized spacial score (nSPS) is 12.0. The van der Waals surface area contributed by atoms with E-state index in [1.807, 2.05) is 31.2 Å². The molecule has 1 amide bonds. The van der Waals surface area contributed by atoms with E-state index in [1.165, 1.54) is 12.1 Å². The van der Waals surface area contributed by atoms with Gasteiger partial charge in [-0.2, -0.15) is 0 Å². The Balaban J connectivity index is 2.04. The molecule has 0 fully saturated rings. The molecule has 3 N–H and O–H groups in total. The van der Waals surface area contributed by atoms with E-state index < -0.39 is 5.82 Å². The third-order valence-corrected chi connectivity index (χ3v) is 3.49. The van der Waals surface area contributed by atoms with Crippen LogP contribution in [0.15, 0.2) is 42.5 Å². The van der Waals surface area contributed by atoms with Crippen LogP contribution in [0.5, 0.6) is 0 Å². The number of rotatable bonds is 4. The molecule has 3 nitrogen and oxygen atoms in total. The molecule has 2 aromatic carbocycles. The molecule has 21 heavy (non-hydrogen) atoms. The minimum atomic E-state index is -0.465. The van der Waals surface area contributed by atoms with Gasteiger partial charge >= 0.3 is 0 Å². The van der Waals surface area contributed by atoms with E-state index in [2.05, 4.69) is 5.32 Å². The Morgan fingerprint density at radius 1 is 1.33 bits per heavy atom. The maximum absolute atomic E-state index is 13.0. The molecule has 0 radical (unpaired) electrons. The van der Waals surface area contributed by atoms with Crippen molar-refractivity contribution in [2.45, 2.75) is 19.4 Å². The van der Waals surface area contributed by atoms with Gasteiger partial charge in [-0.1, -0.05) is 29.8 Å². The van der Waals surface area contributed by atoms with E-state index in [1.54, 1.807) is 0 Å². The third-order valence-electron chi connectivity index (χ3n) is 3.12. The summed E-state index contributed by atoms with van der Waals surface area (Å²) in [4.78, 5) is 12.1. The van der Waals surface area contributed by atoms with Gasteiger partial charge in [0.1, 0.15) is 5.82 Å². The number of halogens is 2. The summed E-state index contributed by atoms with van der Waals surface area (Å²) in [6.07, 6.45) is 0.604. The highest BCUT2D eigenvalue weighted by Gasteiger charge is 2.14. The van der Waals surface area contributed by atoms with Gasteiger partial charge in [-0.25, -0.2) is 4.39 Å². The fourth-order valence-electron chi connectivity index (χ4n) is 2.09. The van der Waals surface area contributed by atoms with E-state index in [0.717, 1.165) is 11.6 Å². The van der Waals surface area contributed by atoms with Crippen LogP contribution >= 0.6 is 11.6 Å². The molecule has 0 saturated carbocycles. The highest BCUT2D eigenvalue weighted by molar-refractivity contribution is 6.31. The molecule has 2 aromatic rings. The Hall–Kier alpha value is -2.07. The summed E-state index contributed by atoms with van der Waals surface area (Å²) in [5, 5.41) is 3.50. The summed E-state index contributed by atoms with van der Waals surface area (Å²) >= 11 is 6.09. The monoisotopic (exact) mass is 306 g/mol. The van der Waals surface area contributed by atoms with Crippen molar-refractivity contribution in [3.05, 3.63) is 64.4 Å². The van der Waals surface area contributed by atoms with Crippen molar-refractivity contribution >= 4 is 23.2 Å². The van der Waals surface area contributed by atoms with Crippen molar-refractivity contribution < 1.29 is 9.18 Å². The summed E-state index contributed by atoms with van der Waals surface area (Å²) in [6.45, 7) is 1.88. The Labute approximate surface area is 127 Å². The molecule has 110 valence electrons. The van der Waals surface area contributed by atoms with E-state index in [-0.39, 0.29) is 23.2 Å². The second-order valence-corrected chi connectivity index (χ2v) is 5.31. The summed E-state index contributed by atoms with van der Waals surface area (Å²) in [6, 6.07) is 11.1. The Morgan fingerprint density at radius 2 is 2.05 bits per heavy atom. The zero-order valence-corrected chi connectivity index (χ0v) is 12.3. The second kappa shape index (κ2) is 6.59. The smallest absolute Gasteiger partial charge is 0.253 e. The standard InChI is InChI=1S/C16H16ClFN2O/c1-10(8-11-4-2-3-5-14(11)17)20-16(21)13-7-6-12(18)9-15(13)19/h2-7,9-10H,8,19H2,1H3,(H,20,21). The van der Waals surface area contributed by atoms with Gasteiger partial charge in [0.05, 0.1) is 5.56 Å². The van der Waals surface area contributed by atoms with Gasteiger partial charge < -0.3 is 11.1 Å². The van der Waals surface area contributed by atoms with E-state index in [0.29, 0.717) is 11.4 Å². The Bertz CT molecular complexity index is 660. The van der Waals surface area contributed by atoms with Gasteiger partial charge in [-0.3, -0.25) is 4.79 Å². The van der Waals surface area contributed by atoms with E-state index >= 15 is 0 Å². The number of anilines is 1. The molecule has 0 aliphatic carbocycles. The zero-order chi connectivity index (χ0) is 15.4. The number of nitrogen functional groups attached to an aromatic ring is 1. The predicted octanol–water partition coefficient (Wildman–Crippen LogP) is 3.42. The molecule has 2 rings (SSSR count). The van der Waals surface area contributed by atoms with Gasteiger partial charge in [0.2, 0.25) is 0 Å². The van der Waals surface area contributed by atoms with Crippen LogP contribution in [-0.4, -0.2) is 11.9 Å². The lowest BCUT2D eigenvalue weighted by Gasteiger charge is -2.15. The number of carbonyl (C=O) groups excluding carboxylic acids is 1. The van der Waals surface area contributed by atoms with Crippen molar-refractivity contribution in [2.24, 2.45) is 0 Å². The van der Waals surface area contributed by atoms with Crippen molar-refractivity contribution in [3.63, 3.8) is 0 Å². The van der Waals surface area contributed by atoms with Gasteiger partial charge in [0.15, 0.2) is 0 Å². The molecule has 1 unspecified atom stereocenters. The molecular formula is C16H16ClFN2O. The van der Waals surface area contributed by atoms with E-state index in [4.69, 9.17) is 17.3 Å². The summed E-state index contributed by atoms with van der Waals surface area (Å²) in [7, 11) is 0. The maximum Gasteiger partial charge on any atom is 0.253 e. The second-order valence-electron chi connectivity index (χ2n) is 4.90. The topological polar surface area (TPSA) is 55.1 Å². The van der Waals surface area contributed by atoms with Crippen LogP contribution < -0.4 is 11.1 Å². The SMILES string of the molecule is CC(Cc1ccccc1Cl)NC(=O)c1ccc(F)cc1N. The fourth-order valence-corrected chi connectivity index (χ4v) is 2.30. The van der Waals surface area contributed by atoms with Crippen LogP contribution in [0.25, 0.3) is 0 Å². The molecule has 0 aliphatic heterocycles. The average molecular weight is 307 g/mol. The maximum atomic E-state index is 13.0. The minimum absolute atomic E-state index is 0.123. The van der Waals surface area contributed by atoms with Gasteiger partial charge in [-0.15, -0.1) is 0 Å². The number of nitrogens with two attached hydrogens (primary N) is 1. The van der Waals surface area contributed by atoms with Crippen molar-refractivity contribution in [3.8, 4) is 0 Å². The largest absolute Gasteiger partial charge is 0.398 e. The third kappa shape index (κ3) is 3.95. The molecule has 0 aromatic heterocycles. The fraction of sp³-hybridized carbons (Fsp3) is 0.188. The van der Waals surface area contributed by atoms with Crippen LogP contribution in [0, 0.1) is 5.82 Å². The predicted molar refractivity (Wildman–Crippen MR) is 82.9 cm³/mol. The highest BCUT2D eigenvalue weighted by atomic mass is 35.5. The quantitative estimate of drug-likeness (QED) is 0.850. The van der Waals surface area contributed by atoms with E-state index in [9.17, 15) is 9.18 Å². The van der Waals surface area contributed by atoms with Gasteiger partial charge in [-0.05, 0) is 43.2 Å². The summed E-state index contributed by atoms with van der Waals surface area (Å²) in [5.41, 5.74) is 7.00. The highest BCUT2D eigenvalue weighted by Crippen LogP contribution is 2.17. The van der Waals surface area contributed by atoms with Crippen LogP contribution in [0.2, 0.25) is 5.02 Å². The number of nitrogens with one attached hydrogen (secondary N) is 1. The minimum Gasteiger partial charge on any atom is -0.398 e.